The van der Waals surface area contributed by atoms with Crippen molar-refractivity contribution in [3.63, 3.8) is 0 Å². The number of thioether (sulfide) groups is 1. The van der Waals surface area contributed by atoms with Gasteiger partial charge < -0.3 is 9.64 Å². The van der Waals surface area contributed by atoms with Crippen LogP contribution in [0, 0.1) is 19.7 Å². The second-order valence-corrected chi connectivity index (χ2v) is 7.70. The van der Waals surface area contributed by atoms with E-state index < -0.39 is 18.0 Å². The SMILES string of the molecule is Cc1cc(C)c(C(=O)OCC(=O)N2CCS[C@@H]2c2ccccc2F)c(Cl)n1. The first-order valence-electron chi connectivity index (χ1n) is 8.35. The summed E-state index contributed by atoms with van der Waals surface area (Å²) >= 11 is 7.52. The Bertz CT molecular complexity index is 870. The maximum Gasteiger partial charge on any atom is 0.342 e. The first-order valence-corrected chi connectivity index (χ1v) is 9.77. The zero-order valence-corrected chi connectivity index (χ0v) is 16.4. The Kier molecular flexibility index (Phi) is 6.01. The van der Waals surface area contributed by atoms with Crippen LogP contribution in [0.25, 0.3) is 0 Å². The number of esters is 1. The van der Waals surface area contributed by atoms with Gasteiger partial charge >= 0.3 is 5.97 Å². The Morgan fingerprint density at radius 2 is 2.11 bits per heavy atom. The van der Waals surface area contributed by atoms with E-state index in [0.717, 1.165) is 0 Å². The minimum Gasteiger partial charge on any atom is -0.452 e. The number of ether oxygens (including phenoxy) is 1. The number of carbonyl (C=O) groups is 2. The molecule has 5 nitrogen and oxygen atoms in total. The lowest BCUT2D eigenvalue weighted by molar-refractivity contribution is -0.134. The Morgan fingerprint density at radius 3 is 2.81 bits per heavy atom. The molecule has 27 heavy (non-hydrogen) atoms. The third kappa shape index (κ3) is 4.25. The molecular weight excluding hydrogens is 391 g/mol. The highest BCUT2D eigenvalue weighted by molar-refractivity contribution is 7.99. The predicted octanol–water partition coefficient (Wildman–Crippen LogP) is 3.92. The fourth-order valence-corrected chi connectivity index (χ4v) is 4.64. The highest BCUT2D eigenvalue weighted by Gasteiger charge is 2.33. The van der Waals surface area contributed by atoms with Gasteiger partial charge in [0.1, 0.15) is 16.3 Å². The largest absolute Gasteiger partial charge is 0.452 e. The minimum absolute atomic E-state index is 0.0471. The molecule has 0 radical (unpaired) electrons. The van der Waals surface area contributed by atoms with Crippen LogP contribution in [-0.2, 0) is 9.53 Å². The third-order valence-corrected chi connectivity index (χ3v) is 5.73. The molecule has 0 bridgehead atoms. The standard InChI is InChI=1S/C19H18ClFN2O3S/c1-11-9-12(2)22-17(20)16(11)19(25)26-10-15(24)23-7-8-27-18(23)13-5-3-4-6-14(13)21/h3-6,9,18H,7-8,10H2,1-2H3/t18-/m1/s1. The van der Waals surface area contributed by atoms with Crippen molar-refractivity contribution in [2.75, 3.05) is 18.9 Å². The van der Waals surface area contributed by atoms with Crippen LogP contribution < -0.4 is 0 Å². The highest BCUT2D eigenvalue weighted by Crippen LogP contribution is 2.38. The van der Waals surface area contributed by atoms with Crippen LogP contribution in [0.3, 0.4) is 0 Å². The molecule has 1 aliphatic rings. The second-order valence-electron chi connectivity index (χ2n) is 6.15. The molecule has 1 saturated heterocycles. The van der Waals surface area contributed by atoms with E-state index in [0.29, 0.717) is 29.1 Å². The van der Waals surface area contributed by atoms with Crippen molar-refractivity contribution in [1.29, 1.82) is 0 Å². The topological polar surface area (TPSA) is 59.5 Å². The summed E-state index contributed by atoms with van der Waals surface area (Å²) < 4.78 is 19.2. The lowest BCUT2D eigenvalue weighted by Crippen LogP contribution is -2.34. The first kappa shape index (κ1) is 19.6. The monoisotopic (exact) mass is 408 g/mol. The van der Waals surface area contributed by atoms with Crippen molar-refractivity contribution in [2.24, 2.45) is 0 Å². The van der Waals surface area contributed by atoms with Crippen LogP contribution in [0.1, 0.15) is 32.6 Å². The minimum atomic E-state index is -0.701. The number of pyridine rings is 1. The molecule has 1 atom stereocenters. The average Bonchev–Trinajstić information content (AvgIpc) is 3.08. The lowest BCUT2D eigenvalue weighted by Gasteiger charge is -2.24. The van der Waals surface area contributed by atoms with E-state index in [1.807, 2.05) is 0 Å². The fraction of sp³-hybridized carbons (Fsp3) is 0.316. The normalized spacial score (nSPS) is 16.4. The van der Waals surface area contributed by atoms with Gasteiger partial charge in [-0.1, -0.05) is 29.8 Å². The van der Waals surface area contributed by atoms with Crippen molar-refractivity contribution >= 4 is 35.2 Å². The fourth-order valence-electron chi connectivity index (χ4n) is 2.98. The van der Waals surface area contributed by atoms with Gasteiger partial charge in [-0.25, -0.2) is 14.2 Å². The summed E-state index contributed by atoms with van der Waals surface area (Å²) in [6.45, 7) is 3.52. The van der Waals surface area contributed by atoms with Crippen LogP contribution in [-0.4, -0.2) is 40.7 Å². The Labute approximate surface area is 165 Å². The van der Waals surface area contributed by atoms with Gasteiger partial charge in [0.25, 0.3) is 5.91 Å². The molecule has 142 valence electrons. The van der Waals surface area contributed by atoms with Crippen LogP contribution in [0.2, 0.25) is 5.15 Å². The number of aromatic nitrogens is 1. The van der Waals surface area contributed by atoms with Crippen molar-refractivity contribution in [1.82, 2.24) is 9.88 Å². The zero-order valence-electron chi connectivity index (χ0n) is 14.9. The number of halogens is 2. The van der Waals surface area contributed by atoms with Crippen LogP contribution in [0.5, 0.6) is 0 Å². The maximum absolute atomic E-state index is 14.1. The summed E-state index contributed by atoms with van der Waals surface area (Å²) in [5.41, 5.74) is 1.91. The van der Waals surface area contributed by atoms with Gasteiger partial charge in [-0.2, -0.15) is 0 Å². The maximum atomic E-state index is 14.1. The molecule has 1 aliphatic heterocycles. The molecule has 2 heterocycles. The van der Waals surface area contributed by atoms with Crippen molar-refractivity contribution in [2.45, 2.75) is 19.2 Å². The van der Waals surface area contributed by atoms with Gasteiger partial charge in [0, 0.05) is 23.6 Å². The molecule has 8 heteroatoms. The molecule has 0 spiro atoms. The van der Waals surface area contributed by atoms with Gasteiger partial charge in [0.05, 0.1) is 5.56 Å². The van der Waals surface area contributed by atoms with Crippen molar-refractivity contribution in [3.05, 3.63) is 63.7 Å². The van der Waals surface area contributed by atoms with Crippen LogP contribution in [0.4, 0.5) is 4.39 Å². The number of amides is 1. The molecule has 1 aromatic carbocycles. The molecule has 3 rings (SSSR count). The molecular formula is C19H18ClFN2O3S. The van der Waals surface area contributed by atoms with E-state index in [2.05, 4.69) is 4.98 Å². The zero-order chi connectivity index (χ0) is 19.6. The van der Waals surface area contributed by atoms with E-state index in [1.165, 1.54) is 22.7 Å². The van der Waals surface area contributed by atoms with Crippen molar-refractivity contribution in [3.8, 4) is 0 Å². The quantitative estimate of drug-likeness (QED) is 0.566. The van der Waals surface area contributed by atoms with Gasteiger partial charge in [-0.15, -0.1) is 11.8 Å². The summed E-state index contributed by atoms with van der Waals surface area (Å²) in [4.78, 5) is 30.5. The second kappa shape index (κ2) is 8.27. The van der Waals surface area contributed by atoms with Crippen molar-refractivity contribution < 1.29 is 18.7 Å². The number of carbonyl (C=O) groups excluding carboxylic acids is 2. The number of rotatable bonds is 4. The number of hydrogen-bond acceptors (Lipinski definition) is 5. The predicted molar refractivity (Wildman–Crippen MR) is 102 cm³/mol. The van der Waals surface area contributed by atoms with E-state index in [9.17, 15) is 14.0 Å². The van der Waals surface area contributed by atoms with Gasteiger partial charge in [0.2, 0.25) is 0 Å². The van der Waals surface area contributed by atoms with Gasteiger partial charge in [0.15, 0.2) is 6.61 Å². The number of benzene rings is 1. The molecule has 1 aromatic heterocycles. The van der Waals surface area contributed by atoms with Gasteiger partial charge in [-0.3, -0.25) is 4.79 Å². The summed E-state index contributed by atoms with van der Waals surface area (Å²) in [7, 11) is 0. The van der Waals surface area contributed by atoms with Crippen LogP contribution >= 0.6 is 23.4 Å². The van der Waals surface area contributed by atoms with Crippen LogP contribution in [0.15, 0.2) is 30.3 Å². The van der Waals surface area contributed by atoms with Gasteiger partial charge in [-0.05, 0) is 31.5 Å². The first-order chi connectivity index (χ1) is 12.9. The summed E-state index contributed by atoms with van der Waals surface area (Å²) in [5, 5.41) is -0.380. The summed E-state index contributed by atoms with van der Waals surface area (Å²) in [6, 6.07) is 8.08. The average molecular weight is 409 g/mol. The van der Waals surface area contributed by atoms with E-state index in [4.69, 9.17) is 16.3 Å². The highest BCUT2D eigenvalue weighted by atomic mass is 35.5. The summed E-state index contributed by atoms with van der Waals surface area (Å²) in [6.07, 6.45) is 0. The third-order valence-electron chi connectivity index (χ3n) is 4.21. The smallest absolute Gasteiger partial charge is 0.342 e. The molecule has 0 N–H and O–H groups in total. The molecule has 1 fully saturated rings. The summed E-state index contributed by atoms with van der Waals surface area (Å²) in [5.74, 6) is -0.756. The molecule has 2 aromatic rings. The molecule has 0 saturated carbocycles. The molecule has 0 aliphatic carbocycles. The molecule has 1 amide bonds. The molecule has 0 unspecified atom stereocenters. The number of hydrogen-bond donors (Lipinski definition) is 0. The van der Waals surface area contributed by atoms with E-state index in [1.54, 1.807) is 38.1 Å². The Balaban J connectivity index is 1.69. The Morgan fingerprint density at radius 1 is 1.37 bits per heavy atom. The van der Waals surface area contributed by atoms with E-state index in [-0.39, 0.29) is 22.4 Å². The number of aryl methyl sites for hydroxylation is 2. The number of nitrogens with zero attached hydrogens (tertiary/aromatic N) is 2. The lowest BCUT2D eigenvalue weighted by atomic mass is 10.1. The van der Waals surface area contributed by atoms with E-state index >= 15 is 0 Å². The Hall–Kier alpha value is -2.12.